The van der Waals surface area contributed by atoms with E-state index < -0.39 is 9.84 Å². The van der Waals surface area contributed by atoms with Crippen molar-refractivity contribution in [3.05, 3.63) is 42.4 Å². The van der Waals surface area contributed by atoms with Gasteiger partial charge in [0, 0.05) is 12.0 Å². The predicted octanol–water partition coefficient (Wildman–Crippen LogP) is 1.29. The van der Waals surface area contributed by atoms with E-state index in [9.17, 15) is 8.42 Å². The lowest BCUT2D eigenvalue weighted by atomic mass is 10.2. The van der Waals surface area contributed by atoms with Gasteiger partial charge in [-0.25, -0.2) is 13.4 Å². The molecule has 0 aliphatic carbocycles. The van der Waals surface area contributed by atoms with Gasteiger partial charge in [-0.3, -0.25) is 0 Å². The van der Waals surface area contributed by atoms with E-state index in [1.54, 1.807) is 6.20 Å². The summed E-state index contributed by atoms with van der Waals surface area (Å²) in [4.78, 5) is 4.06. The van der Waals surface area contributed by atoms with Crippen LogP contribution in [-0.4, -0.2) is 36.6 Å². The normalized spacial score (nSPS) is 11.6. The third-order valence-corrected chi connectivity index (χ3v) is 4.27. The van der Waals surface area contributed by atoms with Crippen molar-refractivity contribution in [2.24, 2.45) is 0 Å². The Labute approximate surface area is 111 Å². The second kappa shape index (κ2) is 5.99. The summed E-state index contributed by atoms with van der Waals surface area (Å²) in [5, 5.41) is 8.63. The van der Waals surface area contributed by atoms with Gasteiger partial charge in [0.05, 0.1) is 24.3 Å². The second-order valence-corrected chi connectivity index (χ2v) is 6.41. The van der Waals surface area contributed by atoms with Crippen LogP contribution in [0.1, 0.15) is 5.89 Å². The van der Waals surface area contributed by atoms with Crippen molar-refractivity contribution in [1.82, 2.24) is 4.98 Å². The molecule has 1 aromatic carbocycles. The molecule has 0 amide bonds. The van der Waals surface area contributed by atoms with Crippen LogP contribution in [0.4, 0.5) is 0 Å². The molecule has 0 radical (unpaired) electrons. The SMILES string of the molecule is O=S(=O)(CCO)CCc1ncc(-c2ccccc2)o1. The fourth-order valence-electron chi connectivity index (χ4n) is 1.65. The predicted molar refractivity (Wildman–Crippen MR) is 71.4 cm³/mol. The number of aryl methyl sites for hydroxylation is 1. The zero-order chi connectivity index (χ0) is 13.7. The van der Waals surface area contributed by atoms with Crippen LogP contribution in [0.15, 0.2) is 40.9 Å². The largest absolute Gasteiger partial charge is 0.441 e. The van der Waals surface area contributed by atoms with Gasteiger partial charge >= 0.3 is 0 Å². The smallest absolute Gasteiger partial charge is 0.195 e. The van der Waals surface area contributed by atoms with Crippen molar-refractivity contribution in [1.29, 1.82) is 0 Å². The fraction of sp³-hybridized carbons (Fsp3) is 0.308. The van der Waals surface area contributed by atoms with Gasteiger partial charge in [-0.05, 0) is 0 Å². The van der Waals surface area contributed by atoms with Gasteiger partial charge in [-0.15, -0.1) is 0 Å². The van der Waals surface area contributed by atoms with Crippen LogP contribution in [0, 0.1) is 0 Å². The summed E-state index contributed by atoms with van der Waals surface area (Å²) in [6.45, 7) is -0.358. The average Bonchev–Trinajstić information content (AvgIpc) is 2.86. The fourth-order valence-corrected chi connectivity index (χ4v) is 2.61. The monoisotopic (exact) mass is 281 g/mol. The molecular formula is C13H15NO4S. The molecule has 0 saturated heterocycles. The quantitative estimate of drug-likeness (QED) is 0.863. The minimum atomic E-state index is -3.24. The van der Waals surface area contributed by atoms with Gasteiger partial charge in [0.2, 0.25) is 0 Å². The first-order chi connectivity index (χ1) is 9.11. The Morgan fingerprint density at radius 2 is 1.89 bits per heavy atom. The number of rotatable bonds is 6. The van der Waals surface area contributed by atoms with Crippen molar-refractivity contribution in [2.75, 3.05) is 18.1 Å². The molecular weight excluding hydrogens is 266 g/mol. The first-order valence-corrected chi connectivity index (χ1v) is 7.74. The number of hydrogen-bond donors (Lipinski definition) is 1. The number of aliphatic hydroxyl groups excluding tert-OH is 1. The van der Waals surface area contributed by atoms with E-state index >= 15 is 0 Å². The van der Waals surface area contributed by atoms with Crippen molar-refractivity contribution in [3.63, 3.8) is 0 Å². The third-order valence-electron chi connectivity index (χ3n) is 2.64. The topological polar surface area (TPSA) is 80.4 Å². The summed E-state index contributed by atoms with van der Waals surface area (Å²) < 4.78 is 28.4. The van der Waals surface area contributed by atoms with Crippen molar-refractivity contribution >= 4 is 9.84 Å². The maximum atomic E-state index is 11.5. The Morgan fingerprint density at radius 1 is 1.16 bits per heavy atom. The van der Waals surface area contributed by atoms with Gasteiger partial charge in [0.1, 0.15) is 0 Å². The number of aromatic nitrogens is 1. The molecule has 1 aromatic heterocycles. The van der Waals surface area contributed by atoms with Gasteiger partial charge < -0.3 is 9.52 Å². The molecule has 0 bridgehead atoms. The Kier molecular flexibility index (Phi) is 4.34. The lowest BCUT2D eigenvalue weighted by Gasteiger charge is -1.99. The zero-order valence-electron chi connectivity index (χ0n) is 10.3. The van der Waals surface area contributed by atoms with Crippen LogP contribution >= 0.6 is 0 Å². The average molecular weight is 281 g/mol. The van der Waals surface area contributed by atoms with Crippen LogP contribution in [0.3, 0.4) is 0 Å². The van der Waals surface area contributed by atoms with E-state index in [2.05, 4.69) is 4.98 Å². The molecule has 2 rings (SSSR count). The molecule has 6 heteroatoms. The number of aliphatic hydroxyl groups is 1. The number of oxazole rings is 1. The van der Waals surface area contributed by atoms with Crippen LogP contribution in [0.25, 0.3) is 11.3 Å². The summed E-state index contributed by atoms with van der Waals surface area (Å²) in [5.74, 6) is 0.720. The standard InChI is InChI=1S/C13H15NO4S/c15-7-9-19(16,17)8-6-13-14-10-12(18-13)11-4-2-1-3-5-11/h1-5,10,15H,6-9H2. The molecule has 1 N–H and O–H groups in total. The van der Waals surface area contributed by atoms with Crippen molar-refractivity contribution in [3.8, 4) is 11.3 Å². The lowest BCUT2D eigenvalue weighted by Crippen LogP contribution is -2.15. The molecule has 0 unspecified atom stereocenters. The highest BCUT2D eigenvalue weighted by molar-refractivity contribution is 7.91. The molecule has 0 aliphatic heterocycles. The van der Waals surface area contributed by atoms with Crippen LogP contribution < -0.4 is 0 Å². The van der Waals surface area contributed by atoms with Crippen LogP contribution in [0.2, 0.25) is 0 Å². The summed E-state index contributed by atoms with van der Waals surface area (Å²) in [5.41, 5.74) is 0.902. The van der Waals surface area contributed by atoms with Gasteiger partial charge in [0.15, 0.2) is 21.5 Å². The summed E-state index contributed by atoms with van der Waals surface area (Å²) in [7, 11) is -3.24. The Morgan fingerprint density at radius 3 is 2.58 bits per heavy atom. The summed E-state index contributed by atoms with van der Waals surface area (Å²) in [6, 6.07) is 9.48. The highest BCUT2D eigenvalue weighted by Crippen LogP contribution is 2.19. The molecule has 102 valence electrons. The first kappa shape index (κ1) is 13.8. The number of hydrogen-bond acceptors (Lipinski definition) is 5. The van der Waals surface area contributed by atoms with E-state index in [1.807, 2.05) is 30.3 Å². The molecule has 0 saturated carbocycles. The number of nitrogens with zero attached hydrogens (tertiary/aromatic N) is 1. The molecule has 2 aromatic rings. The van der Waals surface area contributed by atoms with Crippen molar-refractivity contribution in [2.45, 2.75) is 6.42 Å². The van der Waals surface area contributed by atoms with Crippen LogP contribution in [-0.2, 0) is 16.3 Å². The number of sulfone groups is 1. The second-order valence-electron chi connectivity index (χ2n) is 4.11. The van der Waals surface area contributed by atoms with Crippen LogP contribution in [0.5, 0.6) is 0 Å². The van der Waals surface area contributed by atoms with Gasteiger partial charge in [-0.1, -0.05) is 30.3 Å². The summed E-state index contributed by atoms with van der Waals surface area (Å²) >= 11 is 0. The Hall–Kier alpha value is -1.66. The molecule has 1 heterocycles. The maximum absolute atomic E-state index is 11.5. The minimum Gasteiger partial charge on any atom is -0.441 e. The first-order valence-electron chi connectivity index (χ1n) is 5.92. The van der Waals surface area contributed by atoms with E-state index in [0.717, 1.165) is 5.56 Å². The third kappa shape index (κ3) is 3.90. The summed E-state index contributed by atoms with van der Waals surface area (Å²) in [6.07, 6.45) is 1.80. The molecule has 0 aliphatic rings. The highest BCUT2D eigenvalue weighted by Gasteiger charge is 2.13. The number of benzene rings is 1. The Bertz CT molecular complexity index is 619. The highest BCUT2D eigenvalue weighted by atomic mass is 32.2. The molecule has 0 atom stereocenters. The van der Waals surface area contributed by atoms with Crippen molar-refractivity contribution < 1.29 is 17.9 Å². The molecule has 0 fully saturated rings. The van der Waals surface area contributed by atoms with E-state index in [1.165, 1.54) is 0 Å². The van der Waals surface area contributed by atoms with Gasteiger partial charge in [0.25, 0.3) is 0 Å². The molecule has 19 heavy (non-hydrogen) atoms. The Balaban J connectivity index is 2.03. The molecule has 5 nitrogen and oxygen atoms in total. The zero-order valence-corrected chi connectivity index (χ0v) is 11.1. The van der Waals surface area contributed by atoms with E-state index in [4.69, 9.17) is 9.52 Å². The molecule has 0 spiro atoms. The lowest BCUT2D eigenvalue weighted by molar-refractivity contribution is 0.319. The van der Waals surface area contributed by atoms with E-state index in [-0.39, 0.29) is 24.5 Å². The minimum absolute atomic E-state index is 0.0672. The van der Waals surface area contributed by atoms with E-state index in [0.29, 0.717) is 11.7 Å². The van der Waals surface area contributed by atoms with Gasteiger partial charge in [-0.2, -0.15) is 0 Å². The maximum Gasteiger partial charge on any atom is 0.195 e.